The van der Waals surface area contributed by atoms with Crippen molar-refractivity contribution in [3.05, 3.63) is 0 Å². The van der Waals surface area contributed by atoms with Gasteiger partial charge in [0, 0.05) is 30.6 Å². The monoisotopic (exact) mass is 314 g/mol. The summed E-state index contributed by atoms with van der Waals surface area (Å²) in [6.07, 6.45) is 5.44. The van der Waals surface area contributed by atoms with Gasteiger partial charge in [-0.25, -0.2) is 4.79 Å². The van der Waals surface area contributed by atoms with E-state index < -0.39 is 11.4 Å². The van der Waals surface area contributed by atoms with Crippen molar-refractivity contribution in [2.75, 3.05) is 24.6 Å². The number of carbonyl (C=O) groups is 2. The van der Waals surface area contributed by atoms with Crippen LogP contribution in [0.15, 0.2) is 0 Å². The smallest absolute Gasteiger partial charge is 0.317 e. The summed E-state index contributed by atoms with van der Waals surface area (Å²) < 4.78 is 0. The lowest BCUT2D eigenvalue weighted by Gasteiger charge is -2.35. The van der Waals surface area contributed by atoms with E-state index in [1.165, 1.54) is 0 Å². The zero-order chi connectivity index (χ0) is 15.3. The maximum absolute atomic E-state index is 12.3. The van der Waals surface area contributed by atoms with E-state index >= 15 is 0 Å². The van der Waals surface area contributed by atoms with Gasteiger partial charge in [0.05, 0.1) is 5.41 Å². The van der Waals surface area contributed by atoms with Crippen LogP contribution in [0.5, 0.6) is 0 Å². The van der Waals surface area contributed by atoms with Gasteiger partial charge in [0.15, 0.2) is 0 Å². The lowest BCUT2D eigenvalue weighted by atomic mass is 9.80. The number of amides is 2. The lowest BCUT2D eigenvalue weighted by Crippen LogP contribution is -2.52. The van der Waals surface area contributed by atoms with Crippen LogP contribution in [-0.4, -0.2) is 52.6 Å². The Bertz CT molecular complexity index is 381. The van der Waals surface area contributed by atoms with Gasteiger partial charge in [-0.2, -0.15) is 11.8 Å². The molecule has 1 heterocycles. The minimum absolute atomic E-state index is 0.104. The Hall–Kier alpha value is -0.910. The molecule has 120 valence electrons. The van der Waals surface area contributed by atoms with Gasteiger partial charge >= 0.3 is 12.0 Å². The largest absolute Gasteiger partial charge is 0.481 e. The van der Waals surface area contributed by atoms with Gasteiger partial charge in [0.1, 0.15) is 0 Å². The van der Waals surface area contributed by atoms with Gasteiger partial charge in [-0.15, -0.1) is 0 Å². The third-order valence-corrected chi connectivity index (χ3v) is 5.91. The van der Waals surface area contributed by atoms with Crippen molar-refractivity contribution in [3.8, 4) is 0 Å². The summed E-state index contributed by atoms with van der Waals surface area (Å²) in [6.45, 7) is 3.06. The number of nitrogens with zero attached hydrogens (tertiary/aromatic N) is 1. The number of aliphatic carboxylic acids is 1. The summed E-state index contributed by atoms with van der Waals surface area (Å²) in [4.78, 5) is 25.9. The van der Waals surface area contributed by atoms with Gasteiger partial charge in [0.2, 0.25) is 0 Å². The first kappa shape index (κ1) is 16.5. The molecule has 1 saturated carbocycles. The predicted molar refractivity (Wildman–Crippen MR) is 84.7 cm³/mol. The first-order chi connectivity index (χ1) is 10.1. The number of urea groups is 1. The second-order valence-electron chi connectivity index (χ2n) is 6.28. The summed E-state index contributed by atoms with van der Waals surface area (Å²) >= 11 is 1.86. The van der Waals surface area contributed by atoms with Crippen molar-refractivity contribution in [1.29, 1.82) is 0 Å². The first-order valence-corrected chi connectivity index (χ1v) is 9.06. The molecule has 2 amide bonds. The molecule has 21 heavy (non-hydrogen) atoms. The summed E-state index contributed by atoms with van der Waals surface area (Å²) in [6, 6.07) is 0.117. The predicted octanol–water partition coefficient (Wildman–Crippen LogP) is 2.56. The molecule has 2 fully saturated rings. The van der Waals surface area contributed by atoms with Crippen LogP contribution in [0.25, 0.3) is 0 Å². The zero-order valence-electron chi connectivity index (χ0n) is 12.8. The van der Waals surface area contributed by atoms with E-state index in [0.717, 1.165) is 43.7 Å². The summed E-state index contributed by atoms with van der Waals surface area (Å²) in [5.41, 5.74) is -0.764. The third kappa shape index (κ3) is 4.05. The third-order valence-electron chi connectivity index (χ3n) is 4.72. The SMILES string of the molecule is CC1CSCCN1C(=O)NCC1(C(=O)O)CCCCCC1. The van der Waals surface area contributed by atoms with Crippen LogP contribution in [0.1, 0.15) is 45.4 Å². The molecule has 1 aliphatic heterocycles. The molecule has 0 bridgehead atoms. The van der Waals surface area contributed by atoms with Crippen LogP contribution in [0, 0.1) is 5.41 Å². The lowest BCUT2D eigenvalue weighted by molar-refractivity contribution is -0.149. The molecular formula is C15H26N2O3S. The molecule has 6 heteroatoms. The number of hydrogen-bond acceptors (Lipinski definition) is 3. The summed E-state index contributed by atoms with van der Waals surface area (Å²) in [5, 5.41) is 12.5. The molecule has 1 aliphatic carbocycles. The van der Waals surface area contributed by atoms with Crippen molar-refractivity contribution in [1.82, 2.24) is 10.2 Å². The average Bonchev–Trinajstić information content (AvgIpc) is 2.72. The fourth-order valence-corrected chi connectivity index (χ4v) is 4.26. The molecule has 0 aromatic rings. The zero-order valence-corrected chi connectivity index (χ0v) is 13.6. The average molecular weight is 314 g/mol. The molecule has 0 aromatic heterocycles. The fraction of sp³-hybridized carbons (Fsp3) is 0.867. The topological polar surface area (TPSA) is 69.6 Å². The number of hydrogen-bond donors (Lipinski definition) is 2. The molecule has 1 atom stereocenters. The molecule has 2 aliphatic rings. The normalized spacial score (nSPS) is 26.0. The Kier molecular flexibility index (Phi) is 5.79. The van der Waals surface area contributed by atoms with Crippen molar-refractivity contribution in [2.45, 2.75) is 51.5 Å². The van der Waals surface area contributed by atoms with Crippen LogP contribution in [0.4, 0.5) is 4.79 Å². The Morgan fingerprint density at radius 1 is 1.29 bits per heavy atom. The maximum Gasteiger partial charge on any atom is 0.317 e. The van der Waals surface area contributed by atoms with Crippen molar-refractivity contribution in [2.24, 2.45) is 5.41 Å². The Labute approximate surface area is 130 Å². The summed E-state index contributed by atoms with van der Waals surface area (Å²) in [5.74, 6) is 1.16. The van der Waals surface area contributed by atoms with E-state index in [2.05, 4.69) is 5.32 Å². The molecule has 0 radical (unpaired) electrons. The van der Waals surface area contributed by atoms with Gasteiger partial charge in [-0.05, 0) is 19.8 Å². The maximum atomic E-state index is 12.3. The van der Waals surface area contributed by atoms with Crippen molar-refractivity contribution in [3.63, 3.8) is 0 Å². The molecule has 0 aromatic carbocycles. The molecule has 2 rings (SSSR count). The molecule has 5 nitrogen and oxygen atoms in total. The number of carbonyl (C=O) groups excluding carboxylic acids is 1. The Balaban J connectivity index is 1.94. The highest BCUT2D eigenvalue weighted by atomic mass is 32.2. The number of rotatable bonds is 3. The van der Waals surface area contributed by atoms with Crippen LogP contribution >= 0.6 is 11.8 Å². The quantitative estimate of drug-likeness (QED) is 0.786. The van der Waals surface area contributed by atoms with Crippen molar-refractivity contribution >= 4 is 23.8 Å². The summed E-state index contributed by atoms with van der Waals surface area (Å²) in [7, 11) is 0. The van der Waals surface area contributed by atoms with E-state index in [-0.39, 0.29) is 18.6 Å². The Morgan fingerprint density at radius 2 is 1.95 bits per heavy atom. The molecule has 0 spiro atoms. The van der Waals surface area contributed by atoms with Crippen LogP contribution in [-0.2, 0) is 4.79 Å². The number of nitrogens with one attached hydrogen (secondary N) is 1. The van der Waals surface area contributed by atoms with E-state index in [4.69, 9.17) is 0 Å². The van der Waals surface area contributed by atoms with Gasteiger partial charge in [-0.1, -0.05) is 25.7 Å². The highest BCUT2D eigenvalue weighted by molar-refractivity contribution is 7.99. The standard InChI is InChI=1S/C15H26N2O3S/c1-12-10-21-9-8-17(12)14(20)16-11-15(13(18)19)6-4-2-3-5-7-15/h12H,2-11H2,1H3,(H,16,20)(H,18,19). The van der Waals surface area contributed by atoms with Crippen molar-refractivity contribution < 1.29 is 14.7 Å². The van der Waals surface area contributed by atoms with Crippen LogP contribution in [0.3, 0.4) is 0 Å². The van der Waals surface area contributed by atoms with Gasteiger partial charge < -0.3 is 15.3 Å². The first-order valence-electron chi connectivity index (χ1n) is 7.91. The Morgan fingerprint density at radius 3 is 2.52 bits per heavy atom. The molecule has 1 unspecified atom stereocenters. The van der Waals surface area contributed by atoms with Gasteiger partial charge in [-0.3, -0.25) is 4.79 Å². The van der Waals surface area contributed by atoms with E-state index in [1.807, 2.05) is 23.6 Å². The molecule has 1 saturated heterocycles. The van der Waals surface area contributed by atoms with E-state index in [0.29, 0.717) is 12.8 Å². The van der Waals surface area contributed by atoms with E-state index in [1.54, 1.807) is 0 Å². The van der Waals surface area contributed by atoms with Crippen LogP contribution in [0.2, 0.25) is 0 Å². The minimum Gasteiger partial charge on any atom is -0.481 e. The molecule has 2 N–H and O–H groups in total. The second kappa shape index (κ2) is 7.38. The second-order valence-corrected chi connectivity index (χ2v) is 7.43. The van der Waals surface area contributed by atoms with Gasteiger partial charge in [0.25, 0.3) is 0 Å². The minimum atomic E-state index is -0.764. The molecular weight excluding hydrogens is 288 g/mol. The van der Waals surface area contributed by atoms with Crippen LogP contribution < -0.4 is 5.32 Å². The number of carboxylic acid groups (broad SMARTS) is 1. The number of thioether (sulfide) groups is 1. The fourth-order valence-electron chi connectivity index (χ4n) is 3.25. The highest BCUT2D eigenvalue weighted by Crippen LogP contribution is 2.35. The number of carboxylic acids is 1. The van der Waals surface area contributed by atoms with E-state index in [9.17, 15) is 14.7 Å². The highest BCUT2D eigenvalue weighted by Gasteiger charge is 2.39.